The van der Waals surface area contributed by atoms with Crippen molar-refractivity contribution < 1.29 is 14.3 Å². The molecule has 3 heterocycles. The fourth-order valence-electron chi connectivity index (χ4n) is 3.05. The van der Waals surface area contributed by atoms with Crippen molar-refractivity contribution in [2.75, 3.05) is 13.1 Å². The molecule has 24 heavy (non-hydrogen) atoms. The van der Waals surface area contributed by atoms with E-state index in [4.69, 9.17) is 4.42 Å². The third-order valence-corrected chi connectivity index (χ3v) is 4.59. The number of hydrogen-bond donors (Lipinski definition) is 1. The number of aliphatic hydroxyl groups is 1. The van der Waals surface area contributed by atoms with Crippen LogP contribution >= 0.6 is 0 Å². The standard InChI is InChI=1S/C18H23N3O3/c1-12(2)16-15(20-11-24-16)17(22)21-8-6-18(23,7-9-21)14-5-4-13(3)10-19-14/h4-5,10-12,23H,6-9H2,1-3H3. The molecule has 0 aromatic carbocycles. The highest BCUT2D eigenvalue weighted by molar-refractivity contribution is 5.93. The van der Waals surface area contributed by atoms with Gasteiger partial charge in [0, 0.05) is 25.2 Å². The highest BCUT2D eigenvalue weighted by Crippen LogP contribution is 2.32. The quantitative estimate of drug-likeness (QED) is 0.936. The summed E-state index contributed by atoms with van der Waals surface area (Å²) in [5.41, 5.74) is 1.13. The number of pyridine rings is 1. The molecule has 128 valence electrons. The van der Waals surface area contributed by atoms with Gasteiger partial charge in [-0.05, 0) is 31.4 Å². The normalized spacial score (nSPS) is 17.3. The zero-order chi connectivity index (χ0) is 17.3. The predicted molar refractivity (Wildman–Crippen MR) is 88.6 cm³/mol. The molecule has 2 aromatic rings. The maximum Gasteiger partial charge on any atom is 0.276 e. The molecule has 0 bridgehead atoms. The number of amides is 1. The van der Waals surface area contributed by atoms with Gasteiger partial charge in [-0.2, -0.15) is 0 Å². The van der Waals surface area contributed by atoms with E-state index < -0.39 is 5.60 Å². The molecule has 3 rings (SSSR count). The van der Waals surface area contributed by atoms with E-state index in [0.29, 0.717) is 43.1 Å². The summed E-state index contributed by atoms with van der Waals surface area (Å²) in [6.07, 6.45) is 4.00. The van der Waals surface area contributed by atoms with Crippen LogP contribution in [0.5, 0.6) is 0 Å². The van der Waals surface area contributed by atoms with Crippen molar-refractivity contribution in [3.63, 3.8) is 0 Å². The highest BCUT2D eigenvalue weighted by Gasteiger charge is 2.37. The zero-order valence-electron chi connectivity index (χ0n) is 14.3. The molecule has 1 N–H and O–H groups in total. The van der Waals surface area contributed by atoms with Crippen LogP contribution in [-0.4, -0.2) is 39.0 Å². The predicted octanol–water partition coefficient (Wildman–Crippen LogP) is 2.63. The van der Waals surface area contributed by atoms with Crippen molar-refractivity contribution >= 4 is 5.91 Å². The Morgan fingerprint density at radius 1 is 1.29 bits per heavy atom. The summed E-state index contributed by atoms with van der Waals surface area (Å²) in [5, 5.41) is 10.9. The van der Waals surface area contributed by atoms with E-state index >= 15 is 0 Å². The number of aromatic nitrogens is 2. The molecule has 1 saturated heterocycles. The SMILES string of the molecule is Cc1ccc(C2(O)CCN(C(=O)c3ncoc3C(C)C)CC2)nc1. The van der Waals surface area contributed by atoms with Gasteiger partial charge >= 0.3 is 0 Å². The first-order chi connectivity index (χ1) is 11.4. The first-order valence-electron chi connectivity index (χ1n) is 8.29. The number of carbonyl (C=O) groups is 1. The third-order valence-electron chi connectivity index (χ3n) is 4.59. The molecular formula is C18H23N3O3. The van der Waals surface area contributed by atoms with Gasteiger partial charge < -0.3 is 14.4 Å². The fraction of sp³-hybridized carbons (Fsp3) is 0.500. The van der Waals surface area contributed by atoms with Gasteiger partial charge in [-0.25, -0.2) is 4.98 Å². The van der Waals surface area contributed by atoms with E-state index in [2.05, 4.69) is 9.97 Å². The molecule has 6 heteroatoms. The lowest BCUT2D eigenvalue weighted by atomic mass is 9.87. The van der Waals surface area contributed by atoms with Crippen molar-refractivity contribution in [3.8, 4) is 0 Å². The van der Waals surface area contributed by atoms with E-state index in [-0.39, 0.29) is 11.8 Å². The van der Waals surface area contributed by atoms with Crippen LogP contribution in [-0.2, 0) is 5.60 Å². The van der Waals surface area contributed by atoms with E-state index in [9.17, 15) is 9.90 Å². The van der Waals surface area contributed by atoms with Crippen LogP contribution in [0, 0.1) is 6.92 Å². The smallest absolute Gasteiger partial charge is 0.276 e. The van der Waals surface area contributed by atoms with Crippen molar-refractivity contribution in [1.29, 1.82) is 0 Å². The molecule has 0 unspecified atom stereocenters. The molecule has 2 aromatic heterocycles. The molecule has 1 amide bonds. The maximum atomic E-state index is 12.7. The van der Waals surface area contributed by atoms with Crippen LogP contribution in [0.25, 0.3) is 0 Å². The molecule has 0 aliphatic carbocycles. The number of piperidine rings is 1. The summed E-state index contributed by atoms with van der Waals surface area (Å²) in [4.78, 5) is 22.8. The van der Waals surface area contributed by atoms with Crippen LogP contribution in [0.15, 0.2) is 29.1 Å². The summed E-state index contributed by atoms with van der Waals surface area (Å²) >= 11 is 0. The van der Waals surface area contributed by atoms with Crippen LogP contribution in [0.4, 0.5) is 0 Å². The number of oxazole rings is 1. The summed E-state index contributed by atoms with van der Waals surface area (Å²) < 4.78 is 5.34. The molecule has 0 radical (unpaired) electrons. The Balaban J connectivity index is 1.71. The van der Waals surface area contributed by atoms with Crippen LogP contribution in [0.2, 0.25) is 0 Å². The van der Waals surface area contributed by atoms with Gasteiger partial charge in [0.05, 0.1) is 5.69 Å². The molecule has 1 aliphatic rings. The second kappa shape index (κ2) is 6.36. The average molecular weight is 329 g/mol. The number of rotatable bonds is 3. The largest absolute Gasteiger partial charge is 0.447 e. The van der Waals surface area contributed by atoms with E-state index in [1.165, 1.54) is 6.39 Å². The molecule has 0 spiro atoms. The summed E-state index contributed by atoms with van der Waals surface area (Å²) in [5.74, 6) is 0.581. The monoisotopic (exact) mass is 329 g/mol. The third kappa shape index (κ3) is 3.06. The average Bonchev–Trinajstić information content (AvgIpc) is 3.05. The number of aryl methyl sites for hydroxylation is 1. The topological polar surface area (TPSA) is 79.5 Å². The van der Waals surface area contributed by atoms with Gasteiger partial charge in [0.2, 0.25) is 0 Å². The van der Waals surface area contributed by atoms with Gasteiger partial charge in [-0.15, -0.1) is 0 Å². The van der Waals surface area contributed by atoms with Gasteiger partial charge in [-0.1, -0.05) is 19.9 Å². The minimum Gasteiger partial charge on any atom is -0.447 e. The molecule has 1 fully saturated rings. The number of hydrogen-bond acceptors (Lipinski definition) is 5. The van der Waals surface area contributed by atoms with Gasteiger partial charge in [-0.3, -0.25) is 9.78 Å². The Kier molecular flexibility index (Phi) is 4.41. The summed E-state index contributed by atoms with van der Waals surface area (Å²) in [6.45, 7) is 6.83. The first-order valence-corrected chi connectivity index (χ1v) is 8.29. The Morgan fingerprint density at radius 2 is 2.00 bits per heavy atom. The zero-order valence-corrected chi connectivity index (χ0v) is 14.3. The first kappa shape index (κ1) is 16.6. The van der Waals surface area contributed by atoms with Gasteiger partial charge in [0.15, 0.2) is 12.1 Å². The lowest BCUT2D eigenvalue weighted by molar-refractivity contribution is -0.0245. The molecule has 6 nitrogen and oxygen atoms in total. The van der Waals surface area contributed by atoms with E-state index in [1.54, 1.807) is 11.1 Å². The number of carbonyl (C=O) groups excluding carboxylic acids is 1. The van der Waals surface area contributed by atoms with Crippen LogP contribution < -0.4 is 0 Å². The molecule has 0 atom stereocenters. The second-order valence-electron chi connectivity index (χ2n) is 6.76. The number of likely N-dealkylation sites (tertiary alicyclic amines) is 1. The second-order valence-corrected chi connectivity index (χ2v) is 6.76. The van der Waals surface area contributed by atoms with Crippen molar-refractivity contribution in [2.24, 2.45) is 0 Å². The Hall–Kier alpha value is -2.21. The van der Waals surface area contributed by atoms with E-state index in [0.717, 1.165) is 5.56 Å². The molecule has 0 saturated carbocycles. The van der Waals surface area contributed by atoms with Crippen molar-refractivity contribution in [1.82, 2.24) is 14.9 Å². The Morgan fingerprint density at radius 3 is 2.58 bits per heavy atom. The summed E-state index contributed by atoms with van der Waals surface area (Å²) in [6, 6.07) is 3.81. The number of nitrogens with zero attached hydrogens (tertiary/aromatic N) is 3. The van der Waals surface area contributed by atoms with Gasteiger partial charge in [0.25, 0.3) is 5.91 Å². The Bertz CT molecular complexity index is 713. The lowest BCUT2D eigenvalue weighted by Gasteiger charge is -2.37. The highest BCUT2D eigenvalue weighted by atomic mass is 16.3. The van der Waals surface area contributed by atoms with E-state index in [1.807, 2.05) is 32.9 Å². The molecule has 1 aliphatic heterocycles. The van der Waals surface area contributed by atoms with Gasteiger partial charge in [0.1, 0.15) is 11.4 Å². The molecular weight excluding hydrogens is 306 g/mol. The van der Waals surface area contributed by atoms with Crippen molar-refractivity contribution in [2.45, 2.75) is 45.1 Å². The van der Waals surface area contributed by atoms with Crippen molar-refractivity contribution in [3.05, 3.63) is 47.4 Å². The summed E-state index contributed by atoms with van der Waals surface area (Å²) in [7, 11) is 0. The van der Waals surface area contributed by atoms with Crippen LogP contribution in [0.1, 0.15) is 60.1 Å². The van der Waals surface area contributed by atoms with Crippen LogP contribution in [0.3, 0.4) is 0 Å². The maximum absolute atomic E-state index is 12.7. The Labute approximate surface area is 141 Å². The lowest BCUT2D eigenvalue weighted by Crippen LogP contribution is -2.45. The minimum absolute atomic E-state index is 0.102. The minimum atomic E-state index is -0.977. The fourth-order valence-corrected chi connectivity index (χ4v) is 3.05.